The van der Waals surface area contributed by atoms with Gasteiger partial charge in [-0.25, -0.2) is 14.8 Å². The van der Waals surface area contributed by atoms with Crippen molar-refractivity contribution in [3.63, 3.8) is 0 Å². The van der Waals surface area contributed by atoms with Crippen molar-refractivity contribution >= 4 is 29.5 Å². The zero-order chi connectivity index (χ0) is 33.4. The number of tetrazole rings is 1. The quantitative estimate of drug-likeness (QED) is 0.169. The molecule has 0 saturated heterocycles. The van der Waals surface area contributed by atoms with Crippen LogP contribution in [-0.2, 0) is 20.7 Å². The first-order valence-corrected chi connectivity index (χ1v) is 15.6. The summed E-state index contributed by atoms with van der Waals surface area (Å²) in [5.41, 5.74) is 8.89. The monoisotopic (exact) mass is 640 g/mol. The molecule has 0 spiro atoms. The van der Waals surface area contributed by atoms with E-state index in [0.29, 0.717) is 30.9 Å². The SMILES string of the molecule is CC(C)(C)OC(=O)NCC1CCC(C(=O)NC(Cc2cccc(-c3cnc(N)nc3)c2)C(=O)Nc2ccc(-c3nn[nH]n3)cc2)CC1. The lowest BCUT2D eigenvalue weighted by atomic mass is 9.81. The summed E-state index contributed by atoms with van der Waals surface area (Å²) in [5, 5.41) is 22.8. The number of carbonyl (C=O) groups excluding carboxylic acids is 3. The van der Waals surface area contributed by atoms with Crippen LogP contribution >= 0.6 is 0 Å². The van der Waals surface area contributed by atoms with Gasteiger partial charge in [0.2, 0.25) is 23.6 Å². The summed E-state index contributed by atoms with van der Waals surface area (Å²) in [7, 11) is 0. The average Bonchev–Trinajstić information content (AvgIpc) is 3.59. The third kappa shape index (κ3) is 9.55. The highest BCUT2D eigenvalue weighted by molar-refractivity contribution is 5.97. The number of aromatic nitrogens is 6. The van der Waals surface area contributed by atoms with Crippen LogP contribution in [0.5, 0.6) is 0 Å². The molecule has 246 valence electrons. The largest absolute Gasteiger partial charge is 0.444 e. The zero-order valence-electron chi connectivity index (χ0n) is 26.7. The van der Waals surface area contributed by atoms with Gasteiger partial charge >= 0.3 is 6.09 Å². The molecule has 6 N–H and O–H groups in total. The minimum absolute atomic E-state index is 0.167. The fraction of sp³-hybridized carbons (Fsp3) is 0.394. The lowest BCUT2D eigenvalue weighted by molar-refractivity contribution is -0.130. The second kappa shape index (κ2) is 14.8. The van der Waals surface area contributed by atoms with Crippen LogP contribution in [0.25, 0.3) is 22.5 Å². The Bertz CT molecular complexity index is 1650. The molecule has 1 aliphatic carbocycles. The number of hydrogen-bond acceptors (Lipinski definition) is 10. The summed E-state index contributed by atoms with van der Waals surface area (Å²) < 4.78 is 5.33. The fourth-order valence-electron chi connectivity index (χ4n) is 5.49. The Hall–Kier alpha value is -5.40. The van der Waals surface area contributed by atoms with E-state index in [0.717, 1.165) is 35.1 Å². The maximum Gasteiger partial charge on any atom is 0.407 e. The van der Waals surface area contributed by atoms with Crippen molar-refractivity contribution < 1.29 is 19.1 Å². The van der Waals surface area contributed by atoms with Crippen LogP contribution in [0.4, 0.5) is 16.4 Å². The summed E-state index contributed by atoms with van der Waals surface area (Å²) in [6.07, 6.45) is 5.99. The molecule has 4 aromatic rings. The van der Waals surface area contributed by atoms with E-state index in [4.69, 9.17) is 10.5 Å². The smallest absolute Gasteiger partial charge is 0.407 e. The number of H-pyrrole nitrogens is 1. The van der Waals surface area contributed by atoms with Crippen LogP contribution < -0.4 is 21.7 Å². The summed E-state index contributed by atoms with van der Waals surface area (Å²) in [6, 6.07) is 13.9. The maximum absolute atomic E-state index is 13.7. The Morgan fingerprint density at radius 1 is 0.979 bits per heavy atom. The Morgan fingerprint density at radius 2 is 1.70 bits per heavy atom. The standard InChI is InChI=1S/C33H40N10O4/c1-33(2,3)47-32(46)37-17-20-7-9-23(10-8-20)29(44)39-27(16-21-5-4-6-24(15-21)25-18-35-31(34)36-19-25)30(45)38-26-13-11-22(12-14-26)28-40-42-43-41-28/h4-6,11-15,18-20,23,27H,7-10,16-17H2,1-3H3,(H,37,46)(H,38,45)(H,39,44)(H2,34,35,36)(H,40,41,42,43). The number of nitrogen functional groups attached to an aromatic ring is 1. The van der Waals surface area contributed by atoms with Gasteiger partial charge in [-0.15, -0.1) is 10.2 Å². The molecule has 1 unspecified atom stereocenters. The molecule has 0 bridgehead atoms. The van der Waals surface area contributed by atoms with Gasteiger partial charge < -0.3 is 26.4 Å². The van der Waals surface area contributed by atoms with Gasteiger partial charge in [0.1, 0.15) is 11.6 Å². The first-order chi connectivity index (χ1) is 22.5. The van der Waals surface area contributed by atoms with Crippen LogP contribution in [0.1, 0.15) is 52.0 Å². The van der Waals surface area contributed by atoms with Gasteiger partial charge in [-0.2, -0.15) is 5.21 Å². The Kier molecular flexibility index (Phi) is 10.4. The van der Waals surface area contributed by atoms with Crippen LogP contribution in [0, 0.1) is 11.8 Å². The highest BCUT2D eigenvalue weighted by Crippen LogP contribution is 2.29. The lowest BCUT2D eigenvalue weighted by Gasteiger charge is -2.29. The van der Waals surface area contributed by atoms with Crippen LogP contribution in [0.15, 0.2) is 60.9 Å². The lowest BCUT2D eigenvalue weighted by Crippen LogP contribution is -2.48. The van der Waals surface area contributed by atoms with E-state index < -0.39 is 17.7 Å². The van der Waals surface area contributed by atoms with Gasteiger partial charge in [0.05, 0.1) is 0 Å². The Balaban J connectivity index is 1.25. The Labute approximate surface area is 272 Å². The van der Waals surface area contributed by atoms with Crippen LogP contribution in [0.3, 0.4) is 0 Å². The van der Waals surface area contributed by atoms with Gasteiger partial charge in [0, 0.05) is 48.1 Å². The number of nitrogens with zero attached hydrogens (tertiary/aromatic N) is 5. The number of alkyl carbamates (subject to hydrolysis) is 1. The number of nitrogens with one attached hydrogen (secondary N) is 4. The third-order valence-corrected chi connectivity index (χ3v) is 7.91. The minimum atomic E-state index is -0.844. The van der Waals surface area contributed by atoms with E-state index in [9.17, 15) is 14.4 Å². The average molecular weight is 641 g/mol. The molecule has 3 amide bonds. The van der Waals surface area contributed by atoms with Crippen molar-refractivity contribution in [3.05, 3.63) is 66.5 Å². The molecular weight excluding hydrogens is 600 g/mol. The maximum atomic E-state index is 13.7. The van der Waals surface area contributed by atoms with E-state index in [1.807, 2.05) is 45.0 Å². The summed E-state index contributed by atoms with van der Waals surface area (Å²) in [4.78, 5) is 47.5. The molecule has 47 heavy (non-hydrogen) atoms. The predicted molar refractivity (Wildman–Crippen MR) is 175 cm³/mol. The van der Waals surface area contributed by atoms with Crippen molar-refractivity contribution in [2.75, 3.05) is 17.6 Å². The number of nitrogens with two attached hydrogens (primary N) is 1. The number of hydrogen-bond donors (Lipinski definition) is 5. The highest BCUT2D eigenvalue weighted by atomic mass is 16.6. The molecule has 0 aliphatic heterocycles. The molecule has 0 radical (unpaired) electrons. The highest BCUT2D eigenvalue weighted by Gasteiger charge is 2.30. The topological polar surface area (TPSA) is 203 Å². The van der Waals surface area contributed by atoms with Gasteiger partial charge in [0.25, 0.3) is 0 Å². The number of carbonyl (C=O) groups is 3. The van der Waals surface area contributed by atoms with Crippen molar-refractivity contribution in [3.8, 4) is 22.5 Å². The first kappa shape index (κ1) is 33.0. The van der Waals surface area contributed by atoms with E-state index >= 15 is 0 Å². The van der Waals surface area contributed by atoms with Gasteiger partial charge in [-0.3, -0.25) is 9.59 Å². The van der Waals surface area contributed by atoms with Crippen molar-refractivity contribution in [2.45, 2.75) is 64.5 Å². The minimum Gasteiger partial charge on any atom is -0.444 e. The summed E-state index contributed by atoms with van der Waals surface area (Å²) in [6.45, 7) is 5.96. The Morgan fingerprint density at radius 3 is 2.36 bits per heavy atom. The van der Waals surface area contributed by atoms with Crippen LogP contribution in [0.2, 0.25) is 0 Å². The molecule has 1 aliphatic rings. The van der Waals surface area contributed by atoms with Gasteiger partial charge in [-0.1, -0.05) is 24.3 Å². The number of benzene rings is 2. The first-order valence-electron chi connectivity index (χ1n) is 15.6. The molecule has 1 fully saturated rings. The third-order valence-electron chi connectivity index (χ3n) is 7.91. The van der Waals surface area contributed by atoms with Crippen molar-refractivity contribution in [1.82, 2.24) is 41.2 Å². The van der Waals surface area contributed by atoms with Crippen molar-refractivity contribution in [1.29, 1.82) is 0 Å². The molecule has 14 nitrogen and oxygen atoms in total. The van der Waals surface area contributed by atoms with E-state index in [1.165, 1.54) is 0 Å². The number of rotatable bonds is 10. The van der Waals surface area contributed by atoms with Gasteiger partial charge in [-0.05, 0) is 93.0 Å². The number of anilines is 2. The molecule has 14 heteroatoms. The van der Waals surface area contributed by atoms with Crippen LogP contribution in [-0.4, -0.2) is 66.7 Å². The summed E-state index contributed by atoms with van der Waals surface area (Å²) in [5.74, 6) is 0.121. The van der Waals surface area contributed by atoms with E-state index in [2.05, 4.69) is 46.5 Å². The molecule has 2 heterocycles. The number of ether oxygens (including phenoxy) is 1. The molecular formula is C33H40N10O4. The molecule has 1 saturated carbocycles. The predicted octanol–water partition coefficient (Wildman–Crippen LogP) is 3.90. The number of aromatic amines is 1. The van der Waals surface area contributed by atoms with E-state index in [-0.39, 0.29) is 36.0 Å². The summed E-state index contributed by atoms with van der Waals surface area (Å²) >= 11 is 0. The molecule has 1 atom stereocenters. The fourth-order valence-corrected chi connectivity index (χ4v) is 5.49. The second-order valence-corrected chi connectivity index (χ2v) is 12.7. The van der Waals surface area contributed by atoms with Crippen molar-refractivity contribution in [2.24, 2.45) is 11.8 Å². The number of amides is 3. The molecule has 5 rings (SSSR count). The van der Waals surface area contributed by atoms with Gasteiger partial charge in [0.15, 0.2) is 0 Å². The zero-order valence-corrected chi connectivity index (χ0v) is 26.7. The second-order valence-electron chi connectivity index (χ2n) is 12.7. The molecule has 2 aromatic carbocycles. The molecule has 2 aromatic heterocycles. The van der Waals surface area contributed by atoms with E-state index in [1.54, 1.807) is 36.7 Å². The normalized spacial score (nSPS) is 16.9.